The van der Waals surface area contributed by atoms with Gasteiger partial charge in [0.15, 0.2) is 0 Å². The van der Waals surface area contributed by atoms with Crippen LogP contribution >= 0.6 is 12.4 Å². The van der Waals surface area contributed by atoms with E-state index in [9.17, 15) is 5.11 Å². The highest BCUT2D eigenvalue weighted by molar-refractivity contribution is 5.85. The smallest absolute Gasteiger partial charge is 0.121 e. The first-order valence-corrected chi connectivity index (χ1v) is 6.18. The number of benzene rings is 1. The quantitative estimate of drug-likeness (QED) is 0.838. The number of methoxy groups -OCH3 is 1. The molecule has 0 heterocycles. The summed E-state index contributed by atoms with van der Waals surface area (Å²) in [4.78, 5) is 0. The van der Waals surface area contributed by atoms with Crippen molar-refractivity contribution in [3.8, 4) is 5.75 Å². The van der Waals surface area contributed by atoms with Crippen molar-refractivity contribution in [3.05, 3.63) is 29.3 Å². The lowest BCUT2D eigenvalue weighted by molar-refractivity contribution is 0.132. The minimum absolute atomic E-state index is 0. The van der Waals surface area contributed by atoms with Crippen LogP contribution in [0.4, 0.5) is 0 Å². The molecule has 0 unspecified atom stereocenters. The van der Waals surface area contributed by atoms with Crippen molar-refractivity contribution >= 4 is 12.4 Å². The maximum atomic E-state index is 9.96. The van der Waals surface area contributed by atoms with Crippen molar-refractivity contribution < 1.29 is 9.84 Å². The molecule has 0 fully saturated rings. The maximum Gasteiger partial charge on any atom is 0.121 e. The monoisotopic (exact) mass is 273 g/mol. The van der Waals surface area contributed by atoms with Crippen LogP contribution in [-0.4, -0.2) is 18.3 Å². The Bertz CT molecular complexity index is 358. The standard InChI is InChI=1S/C14H23NO2.ClH/c1-4-5-6-12(16)14(15)11-7-8-13(17-3)10(2)9-11;/h7-9,12,14,16H,4-6,15H2,1-3H3;1H/t12-,14+;/m1./s1. The van der Waals surface area contributed by atoms with Crippen molar-refractivity contribution in [1.29, 1.82) is 0 Å². The van der Waals surface area contributed by atoms with Crippen molar-refractivity contribution in [2.24, 2.45) is 5.73 Å². The molecular formula is C14H24ClNO2. The van der Waals surface area contributed by atoms with Gasteiger partial charge in [-0.3, -0.25) is 0 Å². The maximum absolute atomic E-state index is 9.96. The minimum atomic E-state index is -0.470. The summed E-state index contributed by atoms with van der Waals surface area (Å²) in [5.74, 6) is 0.851. The molecule has 4 heteroatoms. The molecule has 1 rings (SSSR count). The van der Waals surface area contributed by atoms with Crippen LogP contribution in [0.15, 0.2) is 18.2 Å². The largest absolute Gasteiger partial charge is 0.496 e. The van der Waals surface area contributed by atoms with Gasteiger partial charge in [-0.05, 0) is 30.5 Å². The summed E-state index contributed by atoms with van der Waals surface area (Å²) >= 11 is 0. The van der Waals surface area contributed by atoms with E-state index in [0.29, 0.717) is 0 Å². The van der Waals surface area contributed by atoms with E-state index in [-0.39, 0.29) is 18.4 Å². The number of unbranched alkanes of at least 4 members (excludes halogenated alkanes) is 1. The summed E-state index contributed by atoms with van der Waals surface area (Å²) in [5.41, 5.74) is 8.06. The molecule has 0 radical (unpaired) electrons. The summed E-state index contributed by atoms with van der Waals surface area (Å²) in [6.07, 6.45) is 2.36. The summed E-state index contributed by atoms with van der Waals surface area (Å²) in [7, 11) is 1.65. The minimum Gasteiger partial charge on any atom is -0.496 e. The summed E-state index contributed by atoms with van der Waals surface area (Å²) in [6.45, 7) is 4.09. The van der Waals surface area contributed by atoms with Crippen LogP contribution in [0.5, 0.6) is 5.75 Å². The van der Waals surface area contributed by atoms with E-state index in [1.807, 2.05) is 25.1 Å². The third-order valence-electron chi connectivity index (χ3n) is 3.07. The van der Waals surface area contributed by atoms with Crippen molar-refractivity contribution in [3.63, 3.8) is 0 Å². The average Bonchev–Trinajstić information content (AvgIpc) is 2.34. The Morgan fingerprint density at radius 3 is 2.56 bits per heavy atom. The average molecular weight is 274 g/mol. The molecule has 0 spiro atoms. The van der Waals surface area contributed by atoms with Crippen molar-refractivity contribution in [2.45, 2.75) is 45.3 Å². The molecular weight excluding hydrogens is 250 g/mol. The molecule has 3 nitrogen and oxygen atoms in total. The lowest BCUT2D eigenvalue weighted by Gasteiger charge is -2.20. The number of hydrogen-bond acceptors (Lipinski definition) is 3. The topological polar surface area (TPSA) is 55.5 Å². The first-order valence-electron chi connectivity index (χ1n) is 6.18. The number of aryl methyl sites for hydroxylation is 1. The molecule has 3 N–H and O–H groups in total. The summed E-state index contributed by atoms with van der Waals surface area (Å²) in [6, 6.07) is 5.49. The van der Waals surface area contributed by atoms with Gasteiger partial charge in [-0.2, -0.15) is 0 Å². The first-order chi connectivity index (χ1) is 8.10. The van der Waals surface area contributed by atoms with Gasteiger partial charge in [0, 0.05) is 0 Å². The molecule has 0 aliphatic carbocycles. The lowest BCUT2D eigenvalue weighted by atomic mass is 9.97. The zero-order valence-corrected chi connectivity index (χ0v) is 12.2. The molecule has 104 valence electrons. The second-order valence-electron chi connectivity index (χ2n) is 4.46. The van der Waals surface area contributed by atoms with Crippen LogP contribution in [0.1, 0.15) is 43.4 Å². The molecule has 0 aliphatic rings. The SMILES string of the molecule is CCCC[C@@H](O)[C@@H](N)c1ccc(OC)c(C)c1.Cl. The van der Waals surface area contributed by atoms with Crippen LogP contribution in [0, 0.1) is 6.92 Å². The molecule has 0 aliphatic heterocycles. The number of aliphatic hydroxyl groups excluding tert-OH is 1. The second kappa shape index (κ2) is 8.35. The summed E-state index contributed by atoms with van der Waals surface area (Å²) in [5, 5.41) is 9.96. The van der Waals surface area contributed by atoms with Crippen molar-refractivity contribution in [2.75, 3.05) is 7.11 Å². The van der Waals surface area contributed by atoms with Crippen LogP contribution in [0.2, 0.25) is 0 Å². The second-order valence-corrected chi connectivity index (χ2v) is 4.46. The molecule has 0 aromatic heterocycles. The zero-order valence-electron chi connectivity index (χ0n) is 11.3. The van der Waals surface area contributed by atoms with Crippen LogP contribution in [0.3, 0.4) is 0 Å². The number of nitrogens with two attached hydrogens (primary N) is 1. The Hall–Kier alpha value is -0.770. The zero-order chi connectivity index (χ0) is 12.8. The molecule has 0 bridgehead atoms. The van der Waals surface area contributed by atoms with Crippen LogP contribution < -0.4 is 10.5 Å². The van der Waals surface area contributed by atoms with Gasteiger partial charge in [-0.15, -0.1) is 12.4 Å². The Balaban J connectivity index is 0.00000289. The predicted octanol–water partition coefficient (Wildman–Crippen LogP) is 2.98. The van der Waals surface area contributed by atoms with E-state index >= 15 is 0 Å². The molecule has 0 saturated carbocycles. The molecule has 1 aromatic carbocycles. The van der Waals surface area contributed by atoms with E-state index in [1.165, 1.54) is 0 Å². The highest BCUT2D eigenvalue weighted by Crippen LogP contribution is 2.24. The third kappa shape index (κ3) is 4.48. The Morgan fingerprint density at radius 1 is 1.39 bits per heavy atom. The molecule has 0 saturated heterocycles. The van der Waals surface area contributed by atoms with Gasteiger partial charge in [-0.25, -0.2) is 0 Å². The number of halogens is 1. The third-order valence-corrected chi connectivity index (χ3v) is 3.07. The number of rotatable bonds is 6. The first kappa shape index (κ1) is 17.2. The fourth-order valence-electron chi connectivity index (χ4n) is 1.92. The molecule has 18 heavy (non-hydrogen) atoms. The number of hydrogen-bond donors (Lipinski definition) is 2. The van der Waals surface area contributed by atoms with Crippen LogP contribution in [-0.2, 0) is 0 Å². The van der Waals surface area contributed by atoms with Crippen LogP contribution in [0.25, 0.3) is 0 Å². The highest BCUT2D eigenvalue weighted by atomic mass is 35.5. The van der Waals surface area contributed by atoms with E-state index in [0.717, 1.165) is 36.1 Å². The summed E-state index contributed by atoms with van der Waals surface area (Å²) < 4.78 is 5.20. The molecule has 2 atom stereocenters. The number of ether oxygens (including phenoxy) is 1. The lowest BCUT2D eigenvalue weighted by Crippen LogP contribution is -2.26. The van der Waals surface area contributed by atoms with E-state index < -0.39 is 6.10 Å². The highest BCUT2D eigenvalue weighted by Gasteiger charge is 2.16. The fraction of sp³-hybridized carbons (Fsp3) is 0.571. The van der Waals surface area contributed by atoms with Gasteiger partial charge in [0.05, 0.1) is 19.3 Å². The van der Waals surface area contributed by atoms with Gasteiger partial charge in [0.2, 0.25) is 0 Å². The van der Waals surface area contributed by atoms with Gasteiger partial charge >= 0.3 is 0 Å². The normalized spacial score (nSPS) is 13.6. The Labute approximate surface area is 116 Å². The molecule has 0 amide bonds. The van der Waals surface area contributed by atoms with E-state index in [2.05, 4.69) is 6.92 Å². The Morgan fingerprint density at radius 2 is 2.06 bits per heavy atom. The fourth-order valence-corrected chi connectivity index (χ4v) is 1.92. The number of aliphatic hydroxyl groups is 1. The van der Waals surface area contributed by atoms with E-state index in [1.54, 1.807) is 7.11 Å². The van der Waals surface area contributed by atoms with Crippen molar-refractivity contribution in [1.82, 2.24) is 0 Å². The van der Waals surface area contributed by atoms with Gasteiger partial charge in [0.25, 0.3) is 0 Å². The molecule has 1 aromatic rings. The van der Waals surface area contributed by atoms with Gasteiger partial charge in [0.1, 0.15) is 5.75 Å². The Kier molecular flexibility index (Phi) is 8.00. The van der Waals surface area contributed by atoms with Gasteiger partial charge in [-0.1, -0.05) is 31.9 Å². The predicted molar refractivity (Wildman–Crippen MR) is 77.4 cm³/mol. The van der Waals surface area contributed by atoms with Gasteiger partial charge < -0.3 is 15.6 Å². The van der Waals surface area contributed by atoms with E-state index in [4.69, 9.17) is 10.5 Å².